The van der Waals surface area contributed by atoms with Gasteiger partial charge >= 0.3 is 6.18 Å². The zero-order chi connectivity index (χ0) is 30.9. The minimum absolute atomic E-state index is 0.0197. The fourth-order valence-electron chi connectivity index (χ4n) is 7.66. The molecule has 234 valence electrons. The lowest BCUT2D eigenvalue weighted by molar-refractivity contribution is -0.138. The van der Waals surface area contributed by atoms with E-state index in [1.54, 1.807) is 18.3 Å². The van der Waals surface area contributed by atoms with Crippen LogP contribution in [0.2, 0.25) is 0 Å². The smallest absolute Gasteiger partial charge is 0.416 e. The van der Waals surface area contributed by atoms with E-state index in [0.29, 0.717) is 36.2 Å². The van der Waals surface area contributed by atoms with Crippen molar-refractivity contribution in [3.05, 3.63) is 76.5 Å². The molecule has 8 rings (SSSR count). The van der Waals surface area contributed by atoms with Crippen LogP contribution in [-0.2, 0) is 23.9 Å². The Morgan fingerprint density at radius 3 is 2.84 bits per heavy atom. The van der Waals surface area contributed by atoms with Crippen LogP contribution >= 0.6 is 0 Å². The number of alkyl halides is 3. The van der Waals surface area contributed by atoms with Gasteiger partial charge in [-0.15, -0.1) is 0 Å². The molecule has 5 aliphatic rings. The van der Waals surface area contributed by atoms with Crippen LogP contribution in [0.15, 0.2) is 48.7 Å². The second-order valence-corrected chi connectivity index (χ2v) is 12.8. The lowest BCUT2D eigenvalue weighted by atomic mass is 9.97. The zero-order valence-corrected chi connectivity index (χ0v) is 24.6. The van der Waals surface area contributed by atoms with Gasteiger partial charge in [0.1, 0.15) is 29.2 Å². The first-order valence-corrected chi connectivity index (χ1v) is 15.7. The summed E-state index contributed by atoms with van der Waals surface area (Å²) >= 11 is 0. The maximum Gasteiger partial charge on any atom is 0.416 e. The highest BCUT2D eigenvalue weighted by Gasteiger charge is 2.59. The van der Waals surface area contributed by atoms with E-state index < -0.39 is 11.7 Å². The maximum absolute atomic E-state index is 14.2. The highest BCUT2D eigenvalue weighted by Crippen LogP contribution is 2.60. The molecular formula is C34H33F3N4O4. The van der Waals surface area contributed by atoms with E-state index in [2.05, 4.69) is 20.1 Å². The van der Waals surface area contributed by atoms with E-state index >= 15 is 0 Å². The Bertz CT molecular complexity index is 1690. The number of nitrogens with zero attached hydrogens (tertiary/aromatic N) is 3. The van der Waals surface area contributed by atoms with Crippen molar-refractivity contribution >= 4 is 17.5 Å². The Kier molecular flexibility index (Phi) is 6.87. The molecule has 0 spiro atoms. The molecule has 8 nitrogen and oxygen atoms in total. The summed E-state index contributed by atoms with van der Waals surface area (Å²) in [6.45, 7) is 3.71. The van der Waals surface area contributed by atoms with Crippen molar-refractivity contribution in [1.29, 1.82) is 0 Å². The van der Waals surface area contributed by atoms with Crippen molar-refractivity contribution in [1.82, 2.24) is 14.8 Å². The molecule has 1 aromatic heterocycles. The quantitative estimate of drug-likeness (QED) is 0.335. The number of piperazine rings is 1. The van der Waals surface area contributed by atoms with E-state index in [4.69, 9.17) is 9.47 Å². The molecule has 1 aliphatic carbocycles. The van der Waals surface area contributed by atoms with Crippen molar-refractivity contribution in [2.75, 3.05) is 31.5 Å². The van der Waals surface area contributed by atoms with Gasteiger partial charge in [0.2, 0.25) is 5.91 Å². The van der Waals surface area contributed by atoms with Gasteiger partial charge in [0.05, 0.1) is 5.56 Å². The standard InChI is InChI=1S/C34H33F3N4O4/c35-34(36,37)26-14-19(3-4-20(26)17-40-12-13-41-11-1-2-21(41)18-40)27(42)16-25-31-24-15-22(5-7-28(24)45-32(25)31)44-29-9-10-38-33-23(29)6-8-30(43)39-33/h3-5,7,9-10,14-15,21,25,31-32H,1-2,6,8,11-13,16-18H2,(H,38,39,43)/t21-,25+,31+,32-/m1/s1. The van der Waals surface area contributed by atoms with Gasteiger partial charge in [0, 0.05) is 79.8 Å². The second kappa shape index (κ2) is 10.8. The molecule has 3 aromatic rings. The number of ether oxygens (including phenoxy) is 2. The van der Waals surface area contributed by atoms with Gasteiger partial charge in [0.15, 0.2) is 5.78 Å². The maximum atomic E-state index is 14.2. The Morgan fingerprint density at radius 1 is 1.09 bits per heavy atom. The summed E-state index contributed by atoms with van der Waals surface area (Å²) < 4.78 is 54.9. The zero-order valence-electron chi connectivity index (χ0n) is 24.6. The number of Topliss-reactive ketones (excluding diaryl/α,β-unsaturated/α-hetero) is 1. The lowest BCUT2D eigenvalue weighted by Gasteiger charge is -2.37. The van der Waals surface area contributed by atoms with Gasteiger partial charge in [-0.2, -0.15) is 13.2 Å². The molecule has 5 heterocycles. The van der Waals surface area contributed by atoms with Crippen LogP contribution in [0, 0.1) is 5.92 Å². The van der Waals surface area contributed by atoms with Crippen molar-refractivity contribution in [3.8, 4) is 17.2 Å². The Balaban J connectivity index is 0.952. The van der Waals surface area contributed by atoms with Gasteiger partial charge in [-0.25, -0.2) is 4.98 Å². The molecule has 4 atom stereocenters. The summed E-state index contributed by atoms with van der Waals surface area (Å²) in [4.78, 5) is 33.9. The summed E-state index contributed by atoms with van der Waals surface area (Å²) in [5.74, 6) is 1.92. The highest BCUT2D eigenvalue weighted by molar-refractivity contribution is 5.97. The van der Waals surface area contributed by atoms with Gasteiger partial charge in [-0.3, -0.25) is 19.4 Å². The Hall–Kier alpha value is -3.96. The van der Waals surface area contributed by atoms with Gasteiger partial charge in [0.25, 0.3) is 0 Å². The van der Waals surface area contributed by atoms with Crippen LogP contribution in [-0.4, -0.2) is 64.8 Å². The largest absolute Gasteiger partial charge is 0.489 e. The Morgan fingerprint density at radius 2 is 1.98 bits per heavy atom. The van der Waals surface area contributed by atoms with Crippen LogP contribution in [0.1, 0.15) is 64.2 Å². The molecule has 0 radical (unpaired) electrons. The number of nitrogens with one attached hydrogen (secondary N) is 1. The number of pyridine rings is 1. The van der Waals surface area contributed by atoms with E-state index in [1.807, 2.05) is 18.2 Å². The molecule has 1 saturated carbocycles. The third-order valence-electron chi connectivity index (χ3n) is 10.0. The Labute approximate surface area is 258 Å². The fraction of sp³-hybridized carbons (Fsp3) is 0.441. The molecule has 3 fully saturated rings. The second-order valence-electron chi connectivity index (χ2n) is 12.8. The molecule has 0 bridgehead atoms. The third-order valence-corrected chi connectivity index (χ3v) is 10.0. The van der Waals surface area contributed by atoms with Crippen molar-refractivity contribution < 1.29 is 32.2 Å². The van der Waals surface area contributed by atoms with E-state index in [1.165, 1.54) is 6.07 Å². The number of rotatable bonds is 7. The SMILES string of the molecule is O=C1CCc2c(Oc3ccc4c(c3)[C@H]3[C@H](CC(=O)c5ccc(CN6CCN7CCC[C@@H]7C6)c(C(F)(F)F)c5)[C@H]3O4)ccnc2N1. The van der Waals surface area contributed by atoms with Crippen LogP contribution in [0.25, 0.3) is 0 Å². The first-order chi connectivity index (χ1) is 21.7. The number of hydrogen-bond acceptors (Lipinski definition) is 7. The number of aromatic nitrogens is 1. The fourth-order valence-corrected chi connectivity index (χ4v) is 7.66. The number of benzene rings is 2. The predicted octanol–water partition coefficient (Wildman–Crippen LogP) is 5.80. The minimum atomic E-state index is -4.55. The van der Waals surface area contributed by atoms with Crippen LogP contribution in [0.4, 0.5) is 19.0 Å². The first-order valence-electron chi connectivity index (χ1n) is 15.7. The van der Waals surface area contributed by atoms with Crippen LogP contribution < -0.4 is 14.8 Å². The normalized spacial score (nSPS) is 25.4. The average molecular weight is 619 g/mol. The average Bonchev–Trinajstić information content (AvgIpc) is 3.31. The minimum Gasteiger partial charge on any atom is -0.489 e. The van der Waals surface area contributed by atoms with Crippen molar-refractivity contribution in [3.63, 3.8) is 0 Å². The van der Waals surface area contributed by atoms with Gasteiger partial charge in [-0.1, -0.05) is 12.1 Å². The lowest BCUT2D eigenvalue weighted by Crippen LogP contribution is -2.49. The molecule has 11 heteroatoms. The summed E-state index contributed by atoms with van der Waals surface area (Å²) in [7, 11) is 0. The summed E-state index contributed by atoms with van der Waals surface area (Å²) in [6.07, 6.45) is 0.0917. The number of hydrogen-bond donors (Lipinski definition) is 1. The number of ketones is 1. The van der Waals surface area contributed by atoms with Crippen molar-refractivity contribution in [2.45, 2.75) is 62.9 Å². The van der Waals surface area contributed by atoms with Crippen molar-refractivity contribution in [2.24, 2.45) is 5.92 Å². The molecule has 4 aliphatic heterocycles. The summed E-state index contributed by atoms with van der Waals surface area (Å²) in [6, 6.07) is 11.8. The number of fused-ring (bicyclic) bond motifs is 5. The highest BCUT2D eigenvalue weighted by atomic mass is 19.4. The molecule has 2 saturated heterocycles. The molecule has 45 heavy (non-hydrogen) atoms. The van der Waals surface area contributed by atoms with E-state index in [9.17, 15) is 22.8 Å². The molecular weight excluding hydrogens is 585 g/mol. The number of halogens is 3. The van der Waals surface area contributed by atoms with E-state index in [-0.39, 0.29) is 53.7 Å². The monoisotopic (exact) mass is 618 g/mol. The molecule has 1 amide bonds. The summed E-state index contributed by atoms with van der Waals surface area (Å²) in [5.41, 5.74) is 1.35. The topological polar surface area (TPSA) is 84.0 Å². The van der Waals surface area contributed by atoms with Crippen LogP contribution in [0.5, 0.6) is 17.2 Å². The van der Waals surface area contributed by atoms with E-state index in [0.717, 1.165) is 62.0 Å². The van der Waals surface area contributed by atoms with Crippen LogP contribution in [0.3, 0.4) is 0 Å². The number of carbonyl (C=O) groups is 2. The molecule has 1 N–H and O–H groups in total. The number of carbonyl (C=O) groups excluding carboxylic acids is 2. The first kappa shape index (κ1) is 28.5. The molecule has 0 unspecified atom stereocenters. The third kappa shape index (κ3) is 5.35. The summed E-state index contributed by atoms with van der Waals surface area (Å²) in [5, 5.41) is 2.77. The van der Waals surface area contributed by atoms with Gasteiger partial charge in [-0.05, 0) is 61.7 Å². The predicted molar refractivity (Wildman–Crippen MR) is 159 cm³/mol. The number of anilines is 1. The molecule has 2 aromatic carbocycles. The van der Waals surface area contributed by atoms with Gasteiger partial charge < -0.3 is 14.8 Å². The number of amides is 1.